The summed E-state index contributed by atoms with van der Waals surface area (Å²) in [5, 5.41) is 7.04. The van der Waals surface area contributed by atoms with E-state index < -0.39 is 5.97 Å². The van der Waals surface area contributed by atoms with Crippen LogP contribution in [0.25, 0.3) is 0 Å². The van der Waals surface area contributed by atoms with E-state index >= 15 is 0 Å². The fraction of sp³-hybridized carbons (Fsp3) is 0.583. The van der Waals surface area contributed by atoms with Gasteiger partial charge in [-0.15, -0.1) is 0 Å². The Morgan fingerprint density at radius 1 is 1.70 bits per heavy atom. The molecule has 1 unspecified atom stereocenters. The molecule has 3 N–H and O–H groups in total. The third-order valence-electron chi connectivity index (χ3n) is 3.25. The Balaban J connectivity index is 2.05. The predicted octanol–water partition coefficient (Wildman–Crippen LogP) is 0.328. The number of esters is 1. The summed E-state index contributed by atoms with van der Waals surface area (Å²) < 4.78 is 5.88. The lowest BCUT2D eigenvalue weighted by Gasteiger charge is -2.14. The highest BCUT2D eigenvalue weighted by Gasteiger charge is 2.28. The third-order valence-corrected chi connectivity index (χ3v) is 4.01. The lowest BCUT2D eigenvalue weighted by Crippen LogP contribution is -2.32. The molecule has 0 aliphatic heterocycles. The lowest BCUT2D eigenvalue weighted by molar-refractivity contribution is -0.141. The first-order valence-electron chi connectivity index (χ1n) is 6.34. The molecule has 1 heterocycles. The zero-order valence-corrected chi connectivity index (χ0v) is 12.7. The Morgan fingerprint density at radius 3 is 3.00 bits per heavy atom. The first-order chi connectivity index (χ1) is 9.52. The summed E-state index contributed by atoms with van der Waals surface area (Å²) >= 11 is 3.22. The van der Waals surface area contributed by atoms with Crippen molar-refractivity contribution in [1.82, 2.24) is 9.78 Å². The van der Waals surface area contributed by atoms with Gasteiger partial charge in [0.15, 0.2) is 0 Å². The molecule has 0 amide bonds. The maximum Gasteiger partial charge on any atom is 0.327 e. The highest BCUT2D eigenvalue weighted by Crippen LogP contribution is 2.31. The van der Waals surface area contributed by atoms with Crippen molar-refractivity contribution in [3.63, 3.8) is 0 Å². The van der Waals surface area contributed by atoms with Gasteiger partial charge in [-0.05, 0) is 34.7 Å². The minimum absolute atomic E-state index is 0.0828. The second kappa shape index (κ2) is 6.36. The highest BCUT2D eigenvalue weighted by molar-refractivity contribution is 9.10. The van der Waals surface area contributed by atoms with Gasteiger partial charge in [0.05, 0.1) is 19.0 Å². The van der Waals surface area contributed by atoms with E-state index in [2.05, 4.69) is 31.1 Å². The summed E-state index contributed by atoms with van der Waals surface area (Å²) in [6, 6.07) is 0.0828. The van der Waals surface area contributed by atoms with Gasteiger partial charge in [0, 0.05) is 12.6 Å². The molecule has 1 aromatic heterocycles. The lowest BCUT2D eigenvalue weighted by atomic mass is 10.2. The van der Waals surface area contributed by atoms with Crippen molar-refractivity contribution >= 4 is 27.6 Å². The van der Waals surface area contributed by atoms with Crippen molar-refractivity contribution in [2.75, 3.05) is 19.0 Å². The van der Waals surface area contributed by atoms with E-state index in [0.29, 0.717) is 22.6 Å². The molecule has 20 heavy (non-hydrogen) atoms. The average molecular weight is 345 g/mol. The molecule has 1 atom stereocenters. The molecule has 8 heteroatoms. The molecule has 7 nitrogen and oxygen atoms in total. The van der Waals surface area contributed by atoms with E-state index in [0.717, 1.165) is 4.68 Å². The number of aromatic nitrogens is 2. The standard InChI is InChI=1S/C12H17BrN4O3/c1-20-10(18)6-17-12(19)11(13)9(5-16-17)15-4-8(14)7-2-3-7/h5,7-8,15H,2-4,6,14H2,1H3. The van der Waals surface area contributed by atoms with Crippen LogP contribution in [0.2, 0.25) is 0 Å². The number of ether oxygens (including phenoxy) is 1. The van der Waals surface area contributed by atoms with Crippen molar-refractivity contribution in [1.29, 1.82) is 0 Å². The molecule has 0 radical (unpaired) electrons. The van der Waals surface area contributed by atoms with Crippen LogP contribution in [-0.4, -0.2) is 35.4 Å². The number of hydrogen-bond acceptors (Lipinski definition) is 6. The van der Waals surface area contributed by atoms with Gasteiger partial charge in [0.2, 0.25) is 0 Å². The van der Waals surface area contributed by atoms with Gasteiger partial charge >= 0.3 is 5.97 Å². The summed E-state index contributed by atoms with van der Waals surface area (Å²) in [6.45, 7) is 0.376. The molecule has 1 saturated carbocycles. The fourth-order valence-electron chi connectivity index (χ4n) is 1.81. The molecule has 110 valence electrons. The van der Waals surface area contributed by atoms with Crippen molar-refractivity contribution in [2.24, 2.45) is 11.7 Å². The Kier molecular flexibility index (Phi) is 4.77. The topological polar surface area (TPSA) is 99.2 Å². The number of anilines is 1. The summed E-state index contributed by atoms with van der Waals surface area (Å²) in [4.78, 5) is 23.2. The van der Waals surface area contributed by atoms with E-state index in [9.17, 15) is 9.59 Å². The monoisotopic (exact) mass is 344 g/mol. The fourth-order valence-corrected chi connectivity index (χ4v) is 2.25. The van der Waals surface area contributed by atoms with Crippen LogP contribution in [0.15, 0.2) is 15.5 Å². The zero-order chi connectivity index (χ0) is 14.7. The van der Waals surface area contributed by atoms with Crippen LogP contribution < -0.4 is 16.6 Å². The summed E-state index contributed by atoms with van der Waals surface area (Å²) in [7, 11) is 1.26. The maximum atomic E-state index is 12.0. The molecule has 1 aliphatic carbocycles. The average Bonchev–Trinajstić information content (AvgIpc) is 3.27. The smallest absolute Gasteiger partial charge is 0.327 e. The van der Waals surface area contributed by atoms with Crippen molar-refractivity contribution in [3.8, 4) is 0 Å². The van der Waals surface area contributed by atoms with E-state index in [1.165, 1.54) is 26.1 Å². The Labute approximate surface area is 124 Å². The van der Waals surface area contributed by atoms with Crippen LogP contribution in [0.3, 0.4) is 0 Å². The van der Waals surface area contributed by atoms with Gasteiger partial charge in [-0.25, -0.2) is 4.68 Å². The van der Waals surface area contributed by atoms with E-state index in [1.54, 1.807) is 0 Å². The van der Waals surface area contributed by atoms with Gasteiger partial charge in [-0.3, -0.25) is 9.59 Å². The van der Waals surface area contributed by atoms with Crippen LogP contribution in [0.4, 0.5) is 5.69 Å². The number of nitrogens with two attached hydrogens (primary N) is 1. The molecule has 1 aromatic rings. The maximum absolute atomic E-state index is 12.0. The Bertz CT molecular complexity index is 556. The number of nitrogens with one attached hydrogen (secondary N) is 1. The molecular weight excluding hydrogens is 328 g/mol. The SMILES string of the molecule is COC(=O)Cn1ncc(NCC(N)C2CC2)c(Br)c1=O. The van der Waals surface area contributed by atoms with Crippen molar-refractivity contribution in [3.05, 3.63) is 21.0 Å². The molecule has 0 saturated heterocycles. The Morgan fingerprint density at radius 2 is 2.40 bits per heavy atom. The molecular formula is C12H17BrN4O3. The van der Waals surface area contributed by atoms with Crippen LogP contribution in [0.5, 0.6) is 0 Å². The molecule has 2 rings (SSSR count). The minimum atomic E-state index is -0.525. The predicted molar refractivity (Wildman–Crippen MR) is 77.4 cm³/mol. The van der Waals surface area contributed by atoms with Crippen molar-refractivity contribution in [2.45, 2.75) is 25.4 Å². The third kappa shape index (κ3) is 3.57. The quantitative estimate of drug-likeness (QED) is 0.721. The van der Waals surface area contributed by atoms with Gasteiger partial charge in [0.25, 0.3) is 5.56 Å². The number of halogens is 1. The second-order valence-electron chi connectivity index (χ2n) is 4.79. The van der Waals surface area contributed by atoms with Gasteiger partial charge in [0.1, 0.15) is 11.0 Å². The van der Waals surface area contributed by atoms with Gasteiger partial charge in [-0.1, -0.05) is 0 Å². The van der Waals surface area contributed by atoms with E-state index in [-0.39, 0.29) is 18.1 Å². The van der Waals surface area contributed by atoms with E-state index in [4.69, 9.17) is 5.73 Å². The van der Waals surface area contributed by atoms with E-state index in [1.807, 2.05) is 0 Å². The summed E-state index contributed by atoms with van der Waals surface area (Å²) in [5.74, 6) is 0.0527. The number of carbonyl (C=O) groups is 1. The van der Waals surface area contributed by atoms with Gasteiger partial charge in [-0.2, -0.15) is 5.10 Å². The molecule has 0 aromatic carbocycles. The van der Waals surface area contributed by atoms with Gasteiger partial charge < -0.3 is 15.8 Å². The van der Waals surface area contributed by atoms with Crippen LogP contribution in [0.1, 0.15) is 12.8 Å². The molecule has 1 fully saturated rings. The highest BCUT2D eigenvalue weighted by atomic mass is 79.9. The molecule has 0 bridgehead atoms. The number of methoxy groups -OCH3 is 1. The zero-order valence-electron chi connectivity index (χ0n) is 11.1. The molecule has 0 spiro atoms. The summed E-state index contributed by atoms with van der Waals surface area (Å²) in [5.41, 5.74) is 6.17. The Hall–Kier alpha value is -1.41. The minimum Gasteiger partial charge on any atom is -0.468 e. The van der Waals surface area contributed by atoms with Crippen LogP contribution in [-0.2, 0) is 16.1 Å². The second-order valence-corrected chi connectivity index (χ2v) is 5.59. The normalized spacial score (nSPS) is 15.8. The number of rotatable bonds is 6. The van der Waals surface area contributed by atoms with Crippen molar-refractivity contribution < 1.29 is 9.53 Å². The largest absolute Gasteiger partial charge is 0.468 e. The molecule has 1 aliphatic rings. The number of hydrogen-bond donors (Lipinski definition) is 2. The summed E-state index contributed by atoms with van der Waals surface area (Å²) in [6.07, 6.45) is 3.83. The van der Waals surface area contributed by atoms with Crippen LogP contribution >= 0.6 is 15.9 Å². The van der Waals surface area contributed by atoms with Crippen LogP contribution in [0, 0.1) is 5.92 Å². The first kappa shape index (κ1) is 15.0. The number of carbonyl (C=O) groups excluding carboxylic acids is 1. The number of nitrogens with zero attached hydrogens (tertiary/aromatic N) is 2. The first-order valence-corrected chi connectivity index (χ1v) is 7.14.